The van der Waals surface area contributed by atoms with E-state index in [1.54, 1.807) is 0 Å². The van der Waals surface area contributed by atoms with Crippen molar-refractivity contribution in [3.63, 3.8) is 0 Å². The van der Waals surface area contributed by atoms with Crippen LogP contribution < -0.4 is 5.73 Å². The summed E-state index contributed by atoms with van der Waals surface area (Å²) in [5, 5.41) is 2.70. The average molecular weight is 254 g/mol. The van der Waals surface area contributed by atoms with Crippen molar-refractivity contribution in [3.8, 4) is 0 Å². The molecule has 100 valence electrons. The minimum absolute atomic E-state index is 0.416. The number of hydrogen-bond donors (Lipinski definition) is 1. The molecule has 0 atom stereocenters. The second-order valence-electron chi connectivity index (χ2n) is 6.01. The first-order chi connectivity index (χ1) is 9.22. The van der Waals surface area contributed by atoms with Crippen molar-refractivity contribution in [2.24, 2.45) is 11.1 Å². The summed E-state index contributed by atoms with van der Waals surface area (Å²) in [7, 11) is 2.21. The molecule has 1 aliphatic carbocycles. The Morgan fingerprint density at radius 1 is 1.11 bits per heavy atom. The zero-order valence-electron chi connectivity index (χ0n) is 11.6. The largest absolute Gasteiger partial charge is 0.330 e. The van der Waals surface area contributed by atoms with E-state index in [1.807, 2.05) is 0 Å². The molecule has 1 saturated carbocycles. The van der Waals surface area contributed by atoms with Crippen LogP contribution >= 0.6 is 0 Å². The van der Waals surface area contributed by atoms with Gasteiger partial charge in [0.1, 0.15) is 0 Å². The zero-order chi connectivity index (χ0) is 13.3. The van der Waals surface area contributed by atoms with Crippen LogP contribution in [0.25, 0.3) is 10.8 Å². The SMILES string of the molecule is CN(Cc1cccc2ccccc12)CC1(CN)CC1. The van der Waals surface area contributed by atoms with Crippen molar-refractivity contribution in [2.45, 2.75) is 19.4 Å². The lowest BCUT2D eigenvalue weighted by Crippen LogP contribution is -2.31. The molecule has 0 radical (unpaired) electrons. The van der Waals surface area contributed by atoms with Gasteiger partial charge >= 0.3 is 0 Å². The van der Waals surface area contributed by atoms with Gasteiger partial charge in [-0.1, -0.05) is 42.5 Å². The Bertz CT molecular complexity index is 567. The van der Waals surface area contributed by atoms with E-state index in [4.69, 9.17) is 5.73 Å². The fourth-order valence-corrected chi connectivity index (χ4v) is 2.95. The van der Waals surface area contributed by atoms with Crippen molar-refractivity contribution in [1.29, 1.82) is 0 Å². The van der Waals surface area contributed by atoms with E-state index in [-0.39, 0.29) is 0 Å². The summed E-state index contributed by atoms with van der Waals surface area (Å²) in [6.45, 7) is 2.95. The predicted octanol–water partition coefficient (Wildman–Crippen LogP) is 3.01. The van der Waals surface area contributed by atoms with E-state index in [0.29, 0.717) is 5.41 Å². The van der Waals surface area contributed by atoms with Crippen molar-refractivity contribution in [3.05, 3.63) is 48.0 Å². The topological polar surface area (TPSA) is 29.3 Å². The Labute approximate surface area is 115 Å². The molecule has 0 bridgehead atoms. The Morgan fingerprint density at radius 2 is 1.84 bits per heavy atom. The van der Waals surface area contributed by atoms with Gasteiger partial charge in [-0.3, -0.25) is 0 Å². The molecule has 0 heterocycles. The Balaban J connectivity index is 1.77. The van der Waals surface area contributed by atoms with Crippen LogP contribution in [-0.2, 0) is 6.54 Å². The van der Waals surface area contributed by atoms with Crippen molar-refractivity contribution >= 4 is 10.8 Å². The molecular formula is C17H22N2. The van der Waals surface area contributed by atoms with Gasteiger partial charge in [0.15, 0.2) is 0 Å². The molecule has 3 rings (SSSR count). The van der Waals surface area contributed by atoms with E-state index >= 15 is 0 Å². The Kier molecular flexibility index (Phi) is 3.29. The number of nitrogens with zero attached hydrogens (tertiary/aromatic N) is 1. The molecule has 0 spiro atoms. The number of fused-ring (bicyclic) bond motifs is 1. The summed E-state index contributed by atoms with van der Waals surface area (Å²) in [4.78, 5) is 2.42. The number of nitrogens with two attached hydrogens (primary N) is 1. The standard InChI is InChI=1S/C17H22N2/c1-19(13-17(12-18)9-10-17)11-15-7-4-6-14-5-2-3-8-16(14)15/h2-8H,9-13,18H2,1H3. The molecule has 2 N–H and O–H groups in total. The smallest absolute Gasteiger partial charge is 0.0237 e. The van der Waals surface area contributed by atoms with Gasteiger partial charge in [0.2, 0.25) is 0 Å². The molecular weight excluding hydrogens is 232 g/mol. The molecule has 0 amide bonds. The van der Waals surface area contributed by atoms with Gasteiger partial charge in [-0.15, -0.1) is 0 Å². The lowest BCUT2D eigenvalue weighted by molar-refractivity contribution is 0.260. The fourth-order valence-electron chi connectivity index (χ4n) is 2.95. The lowest BCUT2D eigenvalue weighted by Gasteiger charge is -2.23. The normalized spacial score (nSPS) is 17.0. The molecule has 0 saturated heterocycles. The first kappa shape index (κ1) is 12.6. The van der Waals surface area contributed by atoms with Crippen LogP contribution in [0.2, 0.25) is 0 Å². The first-order valence-electron chi connectivity index (χ1n) is 7.08. The third-order valence-corrected chi connectivity index (χ3v) is 4.32. The van der Waals surface area contributed by atoms with Crippen LogP contribution in [0, 0.1) is 5.41 Å². The Hall–Kier alpha value is -1.38. The van der Waals surface area contributed by atoms with Crippen LogP contribution in [0.4, 0.5) is 0 Å². The van der Waals surface area contributed by atoms with E-state index in [2.05, 4.69) is 54.4 Å². The molecule has 2 aromatic rings. The van der Waals surface area contributed by atoms with Crippen LogP contribution in [0.1, 0.15) is 18.4 Å². The molecule has 2 nitrogen and oxygen atoms in total. The molecule has 1 fully saturated rings. The summed E-state index contributed by atoms with van der Waals surface area (Å²) in [6, 6.07) is 15.2. The van der Waals surface area contributed by atoms with Gasteiger partial charge in [-0.25, -0.2) is 0 Å². The number of hydrogen-bond acceptors (Lipinski definition) is 2. The molecule has 2 aromatic carbocycles. The summed E-state index contributed by atoms with van der Waals surface area (Å²) >= 11 is 0. The predicted molar refractivity (Wildman–Crippen MR) is 81.0 cm³/mol. The molecule has 19 heavy (non-hydrogen) atoms. The highest BCUT2D eigenvalue weighted by atomic mass is 15.1. The van der Waals surface area contributed by atoms with E-state index in [9.17, 15) is 0 Å². The van der Waals surface area contributed by atoms with Crippen LogP contribution in [0.5, 0.6) is 0 Å². The molecule has 1 aliphatic rings. The monoisotopic (exact) mass is 254 g/mol. The maximum Gasteiger partial charge on any atom is 0.0237 e. The highest BCUT2D eigenvalue weighted by Gasteiger charge is 2.41. The minimum atomic E-state index is 0.416. The Morgan fingerprint density at radius 3 is 2.58 bits per heavy atom. The van der Waals surface area contributed by atoms with E-state index in [0.717, 1.165) is 19.6 Å². The number of rotatable bonds is 5. The van der Waals surface area contributed by atoms with Crippen LogP contribution in [0.3, 0.4) is 0 Å². The van der Waals surface area contributed by atoms with Crippen molar-refractivity contribution < 1.29 is 0 Å². The molecule has 0 unspecified atom stereocenters. The summed E-state index contributed by atoms with van der Waals surface area (Å²) in [6.07, 6.45) is 2.59. The van der Waals surface area contributed by atoms with Crippen LogP contribution in [0.15, 0.2) is 42.5 Å². The zero-order valence-corrected chi connectivity index (χ0v) is 11.6. The van der Waals surface area contributed by atoms with E-state index in [1.165, 1.54) is 29.2 Å². The van der Waals surface area contributed by atoms with Crippen molar-refractivity contribution in [1.82, 2.24) is 4.90 Å². The second-order valence-corrected chi connectivity index (χ2v) is 6.01. The molecule has 0 aromatic heterocycles. The number of benzene rings is 2. The van der Waals surface area contributed by atoms with Gasteiger partial charge in [0.05, 0.1) is 0 Å². The minimum Gasteiger partial charge on any atom is -0.330 e. The lowest BCUT2D eigenvalue weighted by atomic mass is 10.0. The maximum atomic E-state index is 5.87. The molecule has 2 heteroatoms. The van der Waals surface area contributed by atoms with Gasteiger partial charge in [-0.2, -0.15) is 0 Å². The van der Waals surface area contributed by atoms with Crippen molar-refractivity contribution in [2.75, 3.05) is 20.1 Å². The first-order valence-corrected chi connectivity index (χ1v) is 7.08. The highest BCUT2D eigenvalue weighted by Crippen LogP contribution is 2.45. The summed E-state index contributed by atoms with van der Waals surface area (Å²) in [5.41, 5.74) is 7.70. The quantitative estimate of drug-likeness (QED) is 0.888. The highest BCUT2D eigenvalue weighted by molar-refractivity contribution is 5.85. The second kappa shape index (κ2) is 4.95. The third-order valence-electron chi connectivity index (χ3n) is 4.32. The molecule has 0 aliphatic heterocycles. The van der Waals surface area contributed by atoms with E-state index < -0.39 is 0 Å². The maximum absolute atomic E-state index is 5.87. The van der Waals surface area contributed by atoms with Gasteiger partial charge < -0.3 is 10.6 Å². The fraction of sp³-hybridized carbons (Fsp3) is 0.412. The summed E-state index contributed by atoms with van der Waals surface area (Å²) in [5.74, 6) is 0. The third kappa shape index (κ3) is 2.65. The van der Waals surface area contributed by atoms with Crippen LogP contribution in [-0.4, -0.2) is 25.0 Å². The summed E-state index contributed by atoms with van der Waals surface area (Å²) < 4.78 is 0. The van der Waals surface area contributed by atoms with Gasteiger partial charge in [-0.05, 0) is 48.2 Å². The average Bonchev–Trinajstić information content (AvgIpc) is 3.19. The van der Waals surface area contributed by atoms with Gasteiger partial charge in [0, 0.05) is 13.1 Å². The van der Waals surface area contributed by atoms with Gasteiger partial charge in [0.25, 0.3) is 0 Å².